The number of hydrogen-bond acceptors (Lipinski definition) is 0. The normalized spacial score (nSPS) is 14.8. The predicted octanol–water partition coefficient (Wildman–Crippen LogP) is 6.34. The second-order valence-corrected chi connectivity index (χ2v) is 6.81. The Labute approximate surface area is 148 Å². The highest BCUT2D eigenvalue weighted by atomic mass is 35.5. The van der Waals surface area contributed by atoms with E-state index in [1.165, 1.54) is 39.0 Å². The molecule has 0 saturated heterocycles. The van der Waals surface area contributed by atoms with Gasteiger partial charge < -0.3 is 0 Å². The van der Waals surface area contributed by atoms with Crippen LogP contribution >= 0.6 is 11.6 Å². The molecule has 1 aliphatic carbocycles. The molecule has 4 rings (SSSR count). The first-order valence-electron chi connectivity index (χ1n) is 8.37. The van der Waals surface area contributed by atoms with Crippen LogP contribution in [0, 0.1) is 6.92 Å². The van der Waals surface area contributed by atoms with Gasteiger partial charge in [0.05, 0.1) is 0 Å². The van der Waals surface area contributed by atoms with Gasteiger partial charge in [-0.1, -0.05) is 66.2 Å². The predicted molar refractivity (Wildman–Crippen MR) is 103 cm³/mol. The SMILES string of the molecule is Cc1ccccc1/C=C1\c2ccccc2CCc2cc(Cl)ccc21. The number of rotatable bonds is 1. The van der Waals surface area contributed by atoms with E-state index in [-0.39, 0.29) is 0 Å². The van der Waals surface area contributed by atoms with Crippen molar-refractivity contribution in [1.82, 2.24) is 0 Å². The van der Waals surface area contributed by atoms with Gasteiger partial charge in [-0.2, -0.15) is 0 Å². The topological polar surface area (TPSA) is 0 Å². The molecule has 0 aliphatic heterocycles. The lowest BCUT2D eigenvalue weighted by atomic mass is 9.91. The summed E-state index contributed by atoms with van der Waals surface area (Å²) >= 11 is 6.25. The van der Waals surface area contributed by atoms with E-state index in [1.54, 1.807) is 0 Å². The summed E-state index contributed by atoms with van der Waals surface area (Å²) in [5.74, 6) is 0. The van der Waals surface area contributed by atoms with Crippen LogP contribution in [-0.4, -0.2) is 0 Å². The van der Waals surface area contributed by atoms with Crippen LogP contribution in [0.5, 0.6) is 0 Å². The lowest BCUT2D eigenvalue weighted by molar-refractivity contribution is 0.965. The zero-order valence-electron chi connectivity index (χ0n) is 13.7. The van der Waals surface area contributed by atoms with Crippen molar-refractivity contribution in [2.75, 3.05) is 0 Å². The van der Waals surface area contributed by atoms with Gasteiger partial charge >= 0.3 is 0 Å². The molecule has 0 atom stereocenters. The van der Waals surface area contributed by atoms with Crippen LogP contribution in [0.15, 0.2) is 66.7 Å². The monoisotopic (exact) mass is 330 g/mol. The highest BCUT2D eigenvalue weighted by molar-refractivity contribution is 6.30. The van der Waals surface area contributed by atoms with Crippen molar-refractivity contribution >= 4 is 23.3 Å². The molecule has 0 amide bonds. The average molecular weight is 331 g/mol. The summed E-state index contributed by atoms with van der Waals surface area (Å²) in [5.41, 5.74) is 9.23. The molecule has 24 heavy (non-hydrogen) atoms. The van der Waals surface area contributed by atoms with Crippen LogP contribution in [-0.2, 0) is 12.8 Å². The molecule has 0 radical (unpaired) electrons. The zero-order valence-corrected chi connectivity index (χ0v) is 14.5. The van der Waals surface area contributed by atoms with Gasteiger partial charge in [0.25, 0.3) is 0 Å². The van der Waals surface area contributed by atoms with Crippen molar-refractivity contribution in [1.29, 1.82) is 0 Å². The minimum absolute atomic E-state index is 0.815. The summed E-state index contributed by atoms with van der Waals surface area (Å²) in [7, 11) is 0. The maximum absolute atomic E-state index is 6.25. The molecule has 0 heterocycles. The first kappa shape index (κ1) is 15.2. The van der Waals surface area contributed by atoms with E-state index in [2.05, 4.69) is 73.7 Å². The Balaban J connectivity index is 1.99. The molecule has 1 aliphatic rings. The Kier molecular flexibility index (Phi) is 4.00. The molecule has 0 fully saturated rings. The standard InChI is InChI=1S/C23H19Cl/c1-16-6-2-3-8-18(16)15-23-21-9-5-4-7-17(21)10-11-19-14-20(24)12-13-22(19)23/h2-9,12-15H,10-11H2,1H3/b23-15+. The van der Waals surface area contributed by atoms with Gasteiger partial charge in [-0.3, -0.25) is 0 Å². The Morgan fingerprint density at radius 1 is 0.792 bits per heavy atom. The van der Waals surface area contributed by atoms with Crippen molar-refractivity contribution in [3.05, 3.63) is 105 Å². The van der Waals surface area contributed by atoms with Gasteiger partial charge in [-0.15, -0.1) is 0 Å². The van der Waals surface area contributed by atoms with Gasteiger partial charge in [-0.05, 0) is 76.9 Å². The van der Waals surface area contributed by atoms with E-state index >= 15 is 0 Å². The fourth-order valence-corrected chi connectivity index (χ4v) is 3.70. The van der Waals surface area contributed by atoms with Crippen molar-refractivity contribution in [2.45, 2.75) is 19.8 Å². The average Bonchev–Trinajstić information content (AvgIpc) is 2.74. The van der Waals surface area contributed by atoms with Gasteiger partial charge in [0, 0.05) is 5.02 Å². The first-order valence-corrected chi connectivity index (χ1v) is 8.74. The molecule has 3 aromatic rings. The fourth-order valence-electron chi connectivity index (χ4n) is 3.51. The quantitative estimate of drug-likeness (QED) is 0.488. The van der Waals surface area contributed by atoms with E-state index in [0.717, 1.165) is 17.9 Å². The highest BCUT2D eigenvalue weighted by Gasteiger charge is 2.18. The largest absolute Gasteiger partial charge is 0.0843 e. The molecule has 0 nitrogen and oxygen atoms in total. The molecule has 0 bridgehead atoms. The summed E-state index contributed by atoms with van der Waals surface area (Å²) < 4.78 is 0. The lowest BCUT2D eigenvalue weighted by Crippen LogP contribution is -1.93. The van der Waals surface area contributed by atoms with E-state index in [9.17, 15) is 0 Å². The maximum Gasteiger partial charge on any atom is 0.0409 e. The van der Waals surface area contributed by atoms with Crippen LogP contribution in [0.3, 0.4) is 0 Å². The summed E-state index contributed by atoms with van der Waals surface area (Å²) in [6.07, 6.45) is 4.40. The van der Waals surface area contributed by atoms with Crippen LogP contribution in [0.2, 0.25) is 5.02 Å². The highest BCUT2D eigenvalue weighted by Crippen LogP contribution is 2.36. The molecule has 1 heteroatoms. The van der Waals surface area contributed by atoms with E-state index in [0.29, 0.717) is 0 Å². The van der Waals surface area contributed by atoms with Crippen molar-refractivity contribution in [3.63, 3.8) is 0 Å². The van der Waals surface area contributed by atoms with Gasteiger partial charge in [0.2, 0.25) is 0 Å². The Morgan fingerprint density at radius 2 is 1.50 bits per heavy atom. The Morgan fingerprint density at radius 3 is 2.38 bits per heavy atom. The molecule has 0 N–H and O–H groups in total. The second-order valence-electron chi connectivity index (χ2n) is 6.37. The van der Waals surface area contributed by atoms with Crippen LogP contribution in [0.4, 0.5) is 0 Å². The molecule has 0 spiro atoms. The second kappa shape index (κ2) is 6.30. The van der Waals surface area contributed by atoms with Crippen LogP contribution in [0.25, 0.3) is 11.6 Å². The van der Waals surface area contributed by atoms with E-state index in [1.807, 2.05) is 6.07 Å². The molecular weight excluding hydrogens is 312 g/mol. The Hall–Kier alpha value is -2.31. The zero-order chi connectivity index (χ0) is 16.5. The Bertz CT molecular complexity index is 934. The van der Waals surface area contributed by atoms with Gasteiger partial charge in [-0.25, -0.2) is 0 Å². The summed E-state index contributed by atoms with van der Waals surface area (Å²) in [6.45, 7) is 2.16. The summed E-state index contributed by atoms with van der Waals surface area (Å²) in [4.78, 5) is 0. The molecule has 3 aromatic carbocycles. The van der Waals surface area contributed by atoms with Gasteiger partial charge in [0.15, 0.2) is 0 Å². The van der Waals surface area contributed by atoms with E-state index < -0.39 is 0 Å². The lowest BCUT2D eigenvalue weighted by Gasteiger charge is -2.13. The minimum atomic E-state index is 0.815. The first-order chi connectivity index (χ1) is 11.7. The van der Waals surface area contributed by atoms with Crippen LogP contribution < -0.4 is 0 Å². The molecule has 0 aromatic heterocycles. The summed E-state index contributed by atoms with van der Waals surface area (Å²) in [6, 6.07) is 23.6. The third-order valence-electron chi connectivity index (χ3n) is 4.82. The number of fused-ring (bicyclic) bond motifs is 2. The van der Waals surface area contributed by atoms with Crippen molar-refractivity contribution < 1.29 is 0 Å². The number of hydrogen-bond donors (Lipinski definition) is 0. The van der Waals surface area contributed by atoms with Crippen molar-refractivity contribution in [3.8, 4) is 0 Å². The number of benzene rings is 3. The minimum Gasteiger partial charge on any atom is -0.0843 e. The number of aryl methyl sites for hydroxylation is 3. The molecule has 0 unspecified atom stereocenters. The molecule has 118 valence electrons. The molecule has 0 saturated carbocycles. The van der Waals surface area contributed by atoms with Crippen molar-refractivity contribution in [2.24, 2.45) is 0 Å². The van der Waals surface area contributed by atoms with Crippen LogP contribution in [0.1, 0.15) is 33.4 Å². The fraction of sp³-hybridized carbons (Fsp3) is 0.130. The number of halogens is 1. The third kappa shape index (κ3) is 2.79. The van der Waals surface area contributed by atoms with Gasteiger partial charge in [0.1, 0.15) is 0 Å². The third-order valence-corrected chi connectivity index (χ3v) is 5.05. The smallest absolute Gasteiger partial charge is 0.0409 e. The summed E-state index contributed by atoms with van der Waals surface area (Å²) in [5, 5.41) is 0.815. The maximum atomic E-state index is 6.25. The van der Waals surface area contributed by atoms with E-state index in [4.69, 9.17) is 11.6 Å². The molecular formula is C23H19Cl.